The molecule has 1 saturated carbocycles. The van der Waals surface area contributed by atoms with E-state index in [1.807, 2.05) is 6.92 Å². The molecular weight excluding hydrogens is 390 g/mol. The van der Waals surface area contributed by atoms with Gasteiger partial charge in [0.1, 0.15) is 0 Å². The second-order valence-electron chi connectivity index (χ2n) is 10.2. The first-order valence-electron chi connectivity index (χ1n) is 12.6. The second kappa shape index (κ2) is 12.1. The maximum absolute atomic E-state index is 10.6. The topological polar surface area (TPSA) is 43.7 Å². The molecule has 2 fully saturated rings. The number of nitrogens with zero attached hydrogens (tertiary/aromatic N) is 1. The molecule has 0 unspecified atom stereocenters. The minimum absolute atomic E-state index is 0.214. The molecule has 0 radical (unpaired) electrons. The number of rotatable bonds is 12. The van der Waals surface area contributed by atoms with E-state index in [2.05, 4.69) is 41.8 Å². The minimum atomic E-state index is -0.611. The predicted molar refractivity (Wildman–Crippen MR) is 130 cm³/mol. The minimum Gasteiger partial charge on any atom is -0.392 e. The molecule has 2 N–H and O–H groups in total. The smallest absolute Gasteiger partial charge is 0.0654 e. The molecule has 0 aromatic heterocycles. The average molecular weight is 436 g/mol. The van der Waals surface area contributed by atoms with Gasteiger partial charge in [-0.2, -0.15) is 11.8 Å². The Balaban J connectivity index is 1.36. The molecule has 0 spiro atoms. The Morgan fingerprint density at radius 3 is 2.80 bits per heavy atom. The quantitative estimate of drug-likeness (QED) is 0.317. The molecule has 0 amide bonds. The van der Waals surface area contributed by atoms with Crippen LogP contribution in [0.25, 0.3) is 0 Å². The van der Waals surface area contributed by atoms with Crippen molar-refractivity contribution in [1.82, 2.24) is 4.90 Å². The zero-order chi connectivity index (χ0) is 21.4. The van der Waals surface area contributed by atoms with Crippen LogP contribution in [0.15, 0.2) is 23.8 Å². The van der Waals surface area contributed by atoms with Crippen molar-refractivity contribution in [3.8, 4) is 0 Å². The normalized spacial score (nSPS) is 31.8. The van der Waals surface area contributed by atoms with Gasteiger partial charge in [0, 0.05) is 18.2 Å². The molecule has 0 bridgehead atoms. The number of hydrogen-bond donors (Lipinski definition) is 2. The first kappa shape index (κ1) is 24.4. The van der Waals surface area contributed by atoms with E-state index in [1.165, 1.54) is 56.8 Å². The second-order valence-corrected chi connectivity index (χ2v) is 11.5. The number of aliphatic hydroxyl groups excluding tert-OH is 1. The number of allylic oxidation sites excluding steroid dienone is 2. The van der Waals surface area contributed by atoms with Gasteiger partial charge >= 0.3 is 0 Å². The van der Waals surface area contributed by atoms with E-state index in [9.17, 15) is 10.2 Å². The SMILES string of the molecule is CCCC[C@](C)(O)CC=C[C@@H]1[C@H]2CC(CCSCCN3CCCCC3)=C[C@H]2C[C@H]1O. The van der Waals surface area contributed by atoms with Crippen molar-refractivity contribution in [3.63, 3.8) is 0 Å². The number of piperidine rings is 1. The van der Waals surface area contributed by atoms with Crippen molar-refractivity contribution >= 4 is 11.8 Å². The van der Waals surface area contributed by atoms with Gasteiger partial charge in [0.2, 0.25) is 0 Å². The van der Waals surface area contributed by atoms with Crippen molar-refractivity contribution in [2.75, 3.05) is 31.1 Å². The van der Waals surface area contributed by atoms with E-state index in [4.69, 9.17) is 0 Å². The van der Waals surface area contributed by atoms with Crippen LogP contribution in [0.1, 0.15) is 78.1 Å². The maximum Gasteiger partial charge on any atom is 0.0654 e. The molecule has 172 valence electrons. The van der Waals surface area contributed by atoms with E-state index >= 15 is 0 Å². The van der Waals surface area contributed by atoms with Crippen LogP contribution in [0, 0.1) is 17.8 Å². The lowest BCUT2D eigenvalue weighted by molar-refractivity contribution is 0.0513. The summed E-state index contributed by atoms with van der Waals surface area (Å²) in [5.41, 5.74) is 1.01. The van der Waals surface area contributed by atoms with Gasteiger partial charge in [-0.1, -0.05) is 50.0 Å². The van der Waals surface area contributed by atoms with Crippen molar-refractivity contribution < 1.29 is 10.2 Å². The molecule has 3 rings (SSSR count). The molecule has 5 atom stereocenters. The summed E-state index contributed by atoms with van der Waals surface area (Å²) in [4.78, 5) is 2.63. The molecule has 1 aliphatic heterocycles. The predicted octanol–water partition coefficient (Wildman–Crippen LogP) is 5.43. The highest BCUT2D eigenvalue weighted by Crippen LogP contribution is 2.48. The molecule has 1 heterocycles. The number of likely N-dealkylation sites (tertiary alicyclic amines) is 1. The maximum atomic E-state index is 10.6. The van der Waals surface area contributed by atoms with Gasteiger partial charge in [0.15, 0.2) is 0 Å². The number of aliphatic hydroxyl groups is 2. The molecule has 1 saturated heterocycles. The summed E-state index contributed by atoms with van der Waals surface area (Å²) >= 11 is 2.11. The fourth-order valence-corrected chi connectivity index (χ4v) is 6.61. The van der Waals surface area contributed by atoms with E-state index in [1.54, 1.807) is 5.57 Å². The van der Waals surface area contributed by atoms with Crippen molar-refractivity contribution in [3.05, 3.63) is 23.8 Å². The molecule has 0 aromatic carbocycles. The van der Waals surface area contributed by atoms with Crippen LogP contribution in [0.3, 0.4) is 0 Å². The molecule has 3 nitrogen and oxygen atoms in total. The standard InChI is InChI=1S/C26H45NO2S/c1-3-4-11-26(2,29)12-8-9-23-24-19-21(18-22(24)20-25(23)28)10-16-30-17-15-27-13-6-5-7-14-27/h8-9,18,22-25,28-29H,3-7,10-17,19-20H2,1-2H3/t22-,23+,24-,25+,26-/m0/s1. The number of unbranched alkanes of at least 4 members (excludes halogenated alkanes) is 1. The molecule has 0 aromatic rings. The van der Waals surface area contributed by atoms with Crippen LogP contribution in [-0.4, -0.2) is 58.0 Å². The average Bonchev–Trinajstić information content (AvgIpc) is 3.24. The summed E-state index contributed by atoms with van der Waals surface area (Å²) in [6.45, 7) is 7.98. The lowest BCUT2D eigenvalue weighted by atomic mass is 9.88. The van der Waals surface area contributed by atoms with Crippen LogP contribution in [-0.2, 0) is 0 Å². The van der Waals surface area contributed by atoms with Gasteiger partial charge < -0.3 is 15.1 Å². The summed E-state index contributed by atoms with van der Waals surface area (Å²) in [6.07, 6.45) is 17.9. The third-order valence-corrected chi connectivity index (χ3v) is 8.47. The Labute approximate surface area is 189 Å². The fraction of sp³-hybridized carbons (Fsp3) is 0.846. The van der Waals surface area contributed by atoms with Crippen LogP contribution < -0.4 is 0 Å². The highest BCUT2D eigenvalue weighted by Gasteiger charge is 2.43. The number of hydrogen-bond acceptors (Lipinski definition) is 4. The Bertz CT molecular complexity index is 567. The summed E-state index contributed by atoms with van der Waals surface area (Å²) in [5.74, 6) is 3.90. The zero-order valence-electron chi connectivity index (χ0n) is 19.4. The molecule has 4 heteroatoms. The Morgan fingerprint density at radius 2 is 2.03 bits per heavy atom. The van der Waals surface area contributed by atoms with Gasteiger partial charge in [-0.05, 0) is 82.5 Å². The van der Waals surface area contributed by atoms with Crippen LogP contribution >= 0.6 is 11.8 Å². The molecular formula is C26H45NO2S. The van der Waals surface area contributed by atoms with E-state index in [-0.39, 0.29) is 12.0 Å². The summed E-state index contributed by atoms with van der Waals surface area (Å²) in [6, 6.07) is 0. The van der Waals surface area contributed by atoms with Crippen molar-refractivity contribution in [1.29, 1.82) is 0 Å². The molecule has 30 heavy (non-hydrogen) atoms. The summed E-state index contributed by atoms with van der Waals surface area (Å²) in [5, 5.41) is 21.1. The molecule has 3 aliphatic rings. The summed E-state index contributed by atoms with van der Waals surface area (Å²) in [7, 11) is 0. The van der Waals surface area contributed by atoms with Crippen LogP contribution in [0.4, 0.5) is 0 Å². The van der Waals surface area contributed by atoms with Gasteiger partial charge in [0.05, 0.1) is 11.7 Å². The van der Waals surface area contributed by atoms with Crippen LogP contribution in [0.5, 0.6) is 0 Å². The highest BCUT2D eigenvalue weighted by atomic mass is 32.2. The summed E-state index contributed by atoms with van der Waals surface area (Å²) < 4.78 is 0. The third-order valence-electron chi connectivity index (χ3n) is 7.50. The number of fused-ring (bicyclic) bond motifs is 1. The fourth-order valence-electron chi connectivity index (χ4n) is 5.61. The first-order chi connectivity index (χ1) is 14.5. The Hall–Kier alpha value is -0.290. The zero-order valence-corrected chi connectivity index (χ0v) is 20.2. The van der Waals surface area contributed by atoms with Gasteiger partial charge in [-0.3, -0.25) is 0 Å². The van der Waals surface area contributed by atoms with Crippen LogP contribution in [0.2, 0.25) is 0 Å². The van der Waals surface area contributed by atoms with Gasteiger partial charge in [-0.15, -0.1) is 0 Å². The lowest BCUT2D eigenvalue weighted by Gasteiger charge is -2.26. The number of thioether (sulfide) groups is 1. The largest absolute Gasteiger partial charge is 0.392 e. The molecule has 2 aliphatic carbocycles. The highest BCUT2D eigenvalue weighted by molar-refractivity contribution is 7.99. The Morgan fingerprint density at radius 1 is 1.23 bits per heavy atom. The first-order valence-corrected chi connectivity index (χ1v) is 13.7. The van der Waals surface area contributed by atoms with Crippen molar-refractivity contribution in [2.24, 2.45) is 17.8 Å². The van der Waals surface area contributed by atoms with E-state index < -0.39 is 5.60 Å². The van der Waals surface area contributed by atoms with Gasteiger partial charge in [0.25, 0.3) is 0 Å². The van der Waals surface area contributed by atoms with Gasteiger partial charge in [-0.25, -0.2) is 0 Å². The Kier molecular flexibility index (Phi) is 9.81. The van der Waals surface area contributed by atoms with E-state index in [0.29, 0.717) is 18.3 Å². The van der Waals surface area contributed by atoms with Crippen molar-refractivity contribution in [2.45, 2.75) is 89.8 Å². The third kappa shape index (κ3) is 7.39. The monoisotopic (exact) mass is 435 g/mol. The van der Waals surface area contributed by atoms with E-state index in [0.717, 1.165) is 32.1 Å². The lowest BCUT2D eigenvalue weighted by Crippen LogP contribution is -2.31.